The molecular weight excluding hydrogens is 395 g/mol. The smallest absolute Gasteiger partial charge is 0.271 e. The molecular formula is C24H25FN4O2. The molecule has 1 fully saturated rings. The molecule has 7 heteroatoms. The van der Waals surface area contributed by atoms with Gasteiger partial charge in [-0.05, 0) is 55.2 Å². The highest BCUT2D eigenvalue weighted by Gasteiger charge is 2.26. The maximum Gasteiger partial charge on any atom is 0.271 e. The molecule has 1 saturated heterocycles. The van der Waals surface area contributed by atoms with Gasteiger partial charge in [0.25, 0.3) is 5.56 Å². The number of rotatable bonds is 5. The third-order valence-electron chi connectivity index (χ3n) is 5.70. The fraction of sp³-hybridized carbons (Fsp3) is 0.292. The molecule has 1 amide bonds. The fourth-order valence-corrected chi connectivity index (χ4v) is 3.80. The number of carbonyl (C=O) groups excluding carboxylic acids is 1. The van der Waals surface area contributed by atoms with Crippen molar-refractivity contribution in [1.82, 2.24) is 9.78 Å². The Morgan fingerprint density at radius 3 is 2.45 bits per heavy atom. The lowest BCUT2D eigenvalue weighted by Crippen LogP contribution is -2.39. The summed E-state index contributed by atoms with van der Waals surface area (Å²) in [5.41, 5.74) is 1.94. The summed E-state index contributed by atoms with van der Waals surface area (Å²) in [6.07, 6.45) is 2.20. The van der Waals surface area contributed by atoms with Gasteiger partial charge in [0.05, 0.1) is 11.4 Å². The minimum absolute atomic E-state index is 0.168. The Morgan fingerprint density at radius 2 is 1.77 bits per heavy atom. The molecule has 160 valence electrons. The van der Waals surface area contributed by atoms with E-state index in [0.29, 0.717) is 31.7 Å². The van der Waals surface area contributed by atoms with E-state index in [9.17, 15) is 14.0 Å². The zero-order chi connectivity index (χ0) is 21.8. The van der Waals surface area contributed by atoms with Crippen molar-refractivity contribution in [2.45, 2.75) is 26.2 Å². The van der Waals surface area contributed by atoms with Gasteiger partial charge in [-0.3, -0.25) is 9.59 Å². The van der Waals surface area contributed by atoms with Crippen LogP contribution < -0.4 is 15.8 Å². The summed E-state index contributed by atoms with van der Waals surface area (Å²) in [7, 11) is 0. The van der Waals surface area contributed by atoms with Gasteiger partial charge >= 0.3 is 0 Å². The first-order valence-corrected chi connectivity index (χ1v) is 10.5. The molecule has 1 aliphatic heterocycles. The third kappa shape index (κ3) is 4.66. The summed E-state index contributed by atoms with van der Waals surface area (Å²) in [5, 5.41) is 7.24. The molecule has 1 N–H and O–H groups in total. The summed E-state index contributed by atoms with van der Waals surface area (Å²) in [6.45, 7) is 3.35. The molecule has 0 radical (unpaired) electrons. The molecule has 0 unspecified atom stereocenters. The van der Waals surface area contributed by atoms with Crippen molar-refractivity contribution in [3.05, 3.63) is 82.4 Å². The maximum absolute atomic E-state index is 13.8. The molecule has 2 heterocycles. The lowest BCUT2D eigenvalue weighted by Gasteiger charge is -2.32. The van der Waals surface area contributed by atoms with Crippen LogP contribution in [0, 0.1) is 11.7 Å². The standard InChI is InChI=1S/C24H25FN4O2/c1-2-17-7-9-19(10-8-17)29-23(30)12-11-22(27-29)28-15-13-18(14-16-28)24(31)26-21-6-4-3-5-20(21)25/h3-12,18H,2,13-16H2,1H3,(H,26,31). The van der Waals surface area contributed by atoms with Crippen LogP contribution in [-0.4, -0.2) is 28.8 Å². The average molecular weight is 420 g/mol. The number of aromatic nitrogens is 2. The summed E-state index contributed by atoms with van der Waals surface area (Å²) in [4.78, 5) is 27.0. The first kappa shape index (κ1) is 20.8. The summed E-state index contributed by atoms with van der Waals surface area (Å²) in [6, 6.07) is 17.2. The van der Waals surface area contributed by atoms with Crippen LogP contribution in [0.25, 0.3) is 5.69 Å². The number of benzene rings is 2. The Morgan fingerprint density at radius 1 is 1.06 bits per heavy atom. The lowest BCUT2D eigenvalue weighted by molar-refractivity contribution is -0.120. The first-order chi connectivity index (χ1) is 15.0. The zero-order valence-electron chi connectivity index (χ0n) is 17.4. The van der Waals surface area contributed by atoms with E-state index in [4.69, 9.17) is 0 Å². The zero-order valence-corrected chi connectivity index (χ0v) is 17.4. The van der Waals surface area contributed by atoms with Gasteiger partial charge in [-0.15, -0.1) is 5.10 Å². The molecule has 2 aromatic carbocycles. The minimum Gasteiger partial charge on any atom is -0.355 e. The van der Waals surface area contributed by atoms with E-state index in [-0.39, 0.29) is 23.1 Å². The normalized spacial score (nSPS) is 14.5. The van der Waals surface area contributed by atoms with Crippen LogP contribution in [0.5, 0.6) is 0 Å². The lowest BCUT2D eigenvalue weighted by atomic mass is 9.96. The van der Waals surface area contributed by atoms with Crippen LogP contribution in [0.2, 0.25) is 0 Å². The topological polar surface area (TPSA) is 67.2 Å². The predicted molar refractivity (Wildman–Crippen MR) is 119 cm³/mol. The van der Waals surface area contributed by atoms with E-state index in [0.717, 1.165) is 12.1 Å². The largest absolute Gasteiger partial charge is 0.355 e. The Balaban J connectivity index is 1.43. The first-order valence-electron chi connectivity index (χ1n) is 10.5. The van der Waals surface area contributed by atoms with E-state index in [2.05, 4.69) is 22.2 Å². The number of hydrogen-bond acceptors (Lipinski definition) is 4. The average Bonchev–Trinajstić information content (AvgIpc) is 2.81. The molecule has 0 aliphatic carbocycles. The Kier molecular flexibility index (Phi) is 6.11. The van der Waals surface area contributed by atoms with Crippen molar-refractivity contribution in [3.63, 3.8) is 0 Å². The number of amides is 1. The van der Waals surface area contributed by atoms with Crippen LogP contribution >= 0.6 is 0 Å². The second-order valence-corrected chi connectivity index (χ2v) is 7.69. The number of aryl methyl sites for hydroxylation is 1. The second kappa shape index (κ2) is 9.12. The van der Waals surface area contributed by atoms with Crippen molar-refractivity contribution in [2.24, 2.45) is 5.92 Å². The molecule has 6 nitrogen and oxygen atoms in total. The van der Waals surface area contributed by atoms with Crippen LogP contribution in [0.3, 0.4) is 0 Å². The van der Waals surface area contributed by atoms with Gasteiger partial charge in [-0.1, -0.05) is 31.2 Å². The number of piperidine rings is 1. The molecule has 0 atom stereocenters. The summed E-state index contributed by atoms with van der Waals surface area (Å²) >= 11 is 0. The summed E-state index contributed by atoms with van der Waals surface area (Å²) in [5.74, 6) is -0.0964. The second-order valence-electron chi connectivity index (χ2n) is 7.69. The van der Waals surface area contributed by atoms with Crippen molar-refractivity contribution < 1.29 is 9.18 Å². The maximum atomic E-state index is 13.8. The van der Waals surface area contributed by atoms with Gasteiger partial charge < -0.3 is 10.2 Å². The van der Waals surface area contributed by atoms with E-state index < -0.39 is 5.82 Å². The molecule has 0 bridgehead atoms. The van der Waals surface area contributed by atoms with Crippen LogP contribution in [0.15, 0.2) is 65.5 Å². The number of halogens is 1. The number of anilines is 2. The molecule has 1 aromatic heterocycles. The molecule has 3 aromatic rings. The molecule has 31 heavy (non-hydrogen) atoms. The number of carbonyl (C=O) groups is 1. The van der Waals surface area contributed by atoms with Gasteiger partial charge in [0, 0.05) is 25.1 Å². The predicted octanol–water partition coefficient (Wildman–Crippen LogP) is 3.79. The van der Waals surface area contributed by atoms with E-state index in [1.807, 2.05) is 24.3 Å². The summed E-state index contributed by atoms with van der Waals surface area (Å²) < 4.78 is 15.2. The Labute approximate surface area is 180 Å². The van der Waals surface area contributed by atoms with E-state index >= 15 is 0 Å². The van der Waals surface area contributed by atoms with Crippen molar-refractivity contribution >= 4 is 17.4 Å². The SMILES string of the molecule is CCc1ccc(-n2nc(N3CCC(C(=O)Nc4ccccc4F)CC3)ccc2=O)cc1. The van der Waals surface area contributed by atoms with Crippen molar-refractivity contribution in [1.29, 1.82) is 0 Å². The minimum atomic E-state index is -0.438. The van der Waals surface area contributed by atoms with Gasteiger partial charge in [-0.2, -0.15) is 4.68 Å². The van der Waals surface area contributed by atoms with Gasteiger partial charge in [0.2, 0.25) is 5.91 Å². The molecule has 1 aliphatic rings. The highest BCUT2D eigenvalue weighted by Crippen LogP contribution is 2.23. The van der Waals surface area contributed by atoms with E-state index in [1.54, 1.807) is 24.3 Å². The van der Waals surface area contributed by atoms with Gasteiger partial charge in [0.15, 0.2) is 0 Å². The monoisotopic (exact) mass is 420 g/mol. The molecule has 0 saturated carbocycles. The molecule has 0 spiro atoms. The number of nitrogens with zero attached hydrogens (tertiary/aromatic N) is 3. The number of nitrogens with one attached hydrogen (secondary N) is 1. The molecule has 4 rings (SSSR count). The number of hydrogen-bond donors (Lipinski definition) is 1. The van der Waals surface area contributed by atoms with Gasteiger partial charge in [0.1, 0.15) is 11.6 Å². The van der Waals surface area contributed by atoms with E-state index in [1.165, 1.54) is 22.4 Å². The highest BCUT2D eigenvalue weighted by molar-refractivity contribution is 5.92. The van der Waals surface area contributed by atoms with Crippen molar-refractivity contribution in [2.75, 3.05) is 23.3 Å². The fourth-order valence-electron chi connectivity index (χ4n) is 3.80. The highest BCUT2D eigenvalue weighted by atomic mass is 19.1. The van der Waals surface area contributed by atoms with Crippen LogP contribution in [0.1, 0.15) is 25.3 Å². The van der Waals surface area contributed by atoms with Crippen LogP contribution in [-0.2, 0) is 11.2 Å². The Hall–Kier alpha value is -3.48. The number of para-hydroxylation sites is 1. The Bertz CT molecular complexity index is 1120. The van der Waals surface area contributed by atoms with Gasteiger partial charge in [-0.25, -0.2) is 4.39 Å². The third-order valence-corrected chi connectivity index (χ3v) is 5.70. The van der Waals surface area contributed by atoms with Crippen LogP contribution in [0.4, 0.5) is 15.9 Å². The van der Waals surface area contributed by atoms with Crippen molar-refractivity contribution in [3.8, 4) is 5.69 Å². The quantitative estimate of drug-likeness (QED) is 0.682.